The van der Waals surface area contributed by atoms with E-state index in [1.165, 1.54) is 0 Å². The molecular weight excluding hydrogens is 530 g/mol. The van der Waals surface area contributed by atoms with Gasteiger partial charge in [-0.25, -0.2) is 9.47 Å². The zero-order valence-corrected chi connectivity index (χ0v) is 18.9. The number of rotatable bonds is 18. The van der Waals surface area contributed by atoms with Crippen molar-refractivity contribution >= 4 is 0 Å². The van der Waals surface area contributed by atoms with Gasteiger partial charge in [0.05, 0.1) is 26.4 Å². The van der Waals surface area contributed by atoms with E-state index in [-0.39, 0.29) is 33.0 Å². The average molecular weight is 554 g/mol. The lowest BCUT2D eigenvalue weighted by Gasteiger charge is -2.28. The summed E-state index contributed by atoms with van der Waals surface area (Å²) < 4.78 is 153. The van der Waals surface area contributed by atoms with Gasteiger partial charge < -0.3 is 23.7 Å². The minimum Gasteiger partial charge on any atom is -0.370 e. The molecule has 17 heteroatoms. The number of hydrogen-bond donors (Lipinski definition) is 0. The molecule has 0 saturated carbocycles. The van der Waals surface area contributed by atoms with Crippen LogP contribution in [0.15, 0.2) is 0 Å². The summed E-state index contributed by atoms with van der Waals surface area (Å²) in [4.78, 5) is 0. The van der Waals surface area contributed by atoms with Crippen LogP contribution in [0.1, 0.15) is 6.92 Å². The van der Waals surface area contributed by atoms with E-state index in [1.54, 1.807) is 0 Å². The van der Waals surface area contributed by atoms with E-state index < -0.39 is 57.3 Å². The van der Waals surface area contributed by atoms with Crippen LogP contribution >= 0.6 is 0 Å². The van der Waals surface area contributed by atoms with E-state index in [2.05, 4.69) is 34.3 Å². The number of halogens is 10. The first-order valence-corrected chi connectivity index (χ1v) is 9.37. The van der Waals surface area contributed by atoms with E-state index in [1.807, 2.05) is 5.92 Å². The predicted octanol–water partition coefficient (Wildman–Crippen LogP) is 3.97. The molecule has 0 atom stereocenters. The van der Waals surface area contributed by atoms with Gasteiger partial charge in [0.15, 0.2) is 0 Å². The minimum atomic E-state index is -5.74. The molecule has 0 fully saturated rings. The zero-order chi connectivity index (χ0) is 28.5. The zero-order valence-electron chi connectivity index (χ0n) is 18.9. The maximum absolute atomic E-state index is 13.0. The lowest BCUT2D eigenvalue weighted by atomic mass is 10.4. The van der Waals surface area contributed by atoms with Crippen molar-refractivity contribution in [1.82, 2.24) is 0 Å². The summed E-state index contributed by atoms with van der Waals surface area (Å²) >= 11 is 0. The Morgan fingerprint density at radius 2 is 1.00 bits per heavy atom. The first-order chi connectivity index (χ1) is 16.3. The molecule has 0 aliphatic rings. The van der Waals surface area contributed by atoms with Crippen molar-refractivity contribution in [3.63, 3.8) is 0 Å². The molecule has 0 heterocycles. The number of ether oxygens (including phenoxy) is 7. The van der Waals surface area contributed by atoms with Crippen molar-refractivity contribution in [2.24, 2.45) is 0 Å². The Hall–Kier alpha value is -1.86. The van der Waals surface area contributed by atoms with Crippen molar-refractivity contribution in [2.45, 2.75) is 37.5 Å². The van der Waals surface area contributed by atoms with E-state index in [4.69, 9.17) is 17.6 Å². The fraction of sp³-hybridized carbons (Fsp3) is 0.789. The van der Waals surface area contributed by atoms with Crippen LogP contribution in [-0.2, 0) is 33.2 Å². The van der Waals surface area contributed by atoms with Crippen LogP contribution in [-0.4, -0.2) is 90.5 Å². The van der Waals surface area contributed by atoms with E-state index in [0.717, 1.165) is 7.11 Å². The number of terminal acetylenes is 2. The van der Waals surface area contributed by atoms with Crippen molar-refractivity contribution in [3.8, 4) is 24.7 Å². The molecule has 0 aliphatic heterocycles. The van der Waals surface area contributed by atoms with Gasteiger partial charge >= 0.3 is 30.5 Å². The highest BCUT2D eigenvalue weighted by Crippen LogP contribution is 2.41. The van der Waals surface area contributed by atoms with Crippen LogP contribution in [0.4, 0.5) is 43.9 Å². The van der Waals surface area contributed by atoms with Gasteiger partial charge in [-0.3, -0.25) is 0 Å². The maximum Gasteiger partial charge on any atom is 0.495 e. The standard InChI is InChI=1S/C11H12F8O4.C8H12F2O3/c1-3-4-20-5-6-21-7-9(14,15)22-11(18,19)23-10(16,17)8(2,12)13;1-3-4-12-5-6-13-7-8(9,10)11-2/h1H,4-7H2,2H3;1H,4-7H2,2H3. The van der Waals surface area contributed by atoms with Crippen LogP contribution in [0.5, 0.6) is 0 Å². The summed E-state index contributed by atoms with van der Waals surface area (Å²) in [5, 5.41) is 0. The maximum atomic E-state index is 13.0. The van der Waals surface area contributed by atoms with Crippen LogP contribution < -0.4 is 0 Å². The molecule has 0 aromatic heterocycles. The Morgan fingerprint density at radius 1 is 0.611 bits per heavy atom. The van der Waals surface area contributed by atoms with Gasteiger partial charge in [0.1, 0.15) is 26.4 Å². The van der Waals surface area contributed by atoms with Crippen LogP contribution in [0.2, 0.25) is 0 Å². The number of hydrogen-bond acceptors (Lipinski definition) is 7. The summed E-state index contributed by atoms with van der Waals surface area (Å²) in [5.41, 5.74) is 0. The average Bonchev–Trinajstić information content (AvgIpc) is 2.71. The molecule has 0 aromatic rings. The second kappa shape index (κ2) is 16.8. The summed E-state index contributed by atoms with van der Waals surface area (Å²) in [6.07, 6.45) is -9.79. The second-order valence-corrected chi connectivity index (χ2v) is 6.17. The summed E-state index contributed by atoms with van der Waals surface area (Å²) in [7, 11) is 0.915. The van der Waals surface area contributed by atoms with Crippen molar-refractivity contribution in [3.05, 3.63) is 0 Å². The van der Waals surface area contributed by atoms with Crippen LogP contribution in [0, 0.1) is 24.7 Å². The van der Waals surface area contributed by atoms with Gasteiger partial charge in [-0.1, -0.05) is 11.8 Å². The molecule has 0 N–H and O–H groups in total. The quantitative estimate of drug-likeness (QED) is 0.110. The van der Waals surface area contributed by atoms with Crippen molar-refractivity contribution < 1.29 is 77.1 Å². The Kier molecular flexibility index (Phi) is 16.9. The molecule has 36 heavy (non-hydrogen) atoms. The Labute approximate surface area is 200 Å². The molecule has 0 saturated heterocycles. The monoisotopic (exact) mass is 554 g/mol. The highest BCUT2D eigenvalue weighted by atomic mass is 19.3. The van der Waals surface area contributed by atoms with Crippen LogP contribution in [0.3, 0.4) is 0 Å². The molecule has 0 aromatic carbocycles. The lowest BCUT2D eigenvalue weighted by Crippen LogP contribution is -2.48. The Balaban J connectivity index is 0. The highest BCUT2D eigenvalue weighted by molar-refractivity contribution is 4.83. The Bertz CT molecular complexity index is 673. The van der Waals surface area contributed by atoms with Crippen LogP contribution in [0.25, 0.3) is 0 Å². The minimum absolute atomic E-state index is 0.0701. The fourth-order valence-electron chi connectivity index (χ4n) is 1.40. The topological polar surface area (TPSA) is 64.6 Å². The van der Waals surface area contributed by atoms with Gasteiger partial charge in [0.2, 0.25) is 0 Å². The first-order valence-electron chi connectivity index (χ1n) is 9.37. The van der Waals surface area contributed by atoms with Gasteiger partial charge in [-0.05, 0) is 0 Å². The fourth-order valence-corrected chi connectivity index (χ4v) is 1.40. The molecule has 0 rings (SSSR count). The van der Waals surface area contributed by atoms with Crippen molar-refractivity contribution in [2.75, 3.05) is 60.0 Å². The van der Waals surface area contributed by atoms with E-state index in [9.17, 15) is 43.9 Å². The summed E-state index contributed by atoms with van der Waals surface area (Å²) in [5.74, 6) is -0.779. The third kappa shape index (κ3) is 19.3. The molecule has 0 amide bonds. The van der Waals surface area contributed by atoms with E-state index in [0.29, 0.717) is 0 Å². The molecular formula is C19H24F10O7. The molecule has 0 radical (unpaired) electrons. The molecule has 0 unspecified atom stereocenters. The molecule has 212 valence electrons. The van der Waals surface area contributed by atoms with Crippen molar-refractivity contribution in [1.29, 1.82) is 0 Å². The van der Waals surface area contributed by atoms with Gasteiger partial charge in [-0.15, -0.1) is 21.6 Å². The largest absolute Gasteiger partial charge is 0.495 e. The predicted molar refractivity (Wildman–Crippen MR) is 101 cm³/mol. The third-order valence-electron chi connectivity index (χ3n) is 2.98. The molecule has 0 aliphatic carbocycles. The lowest BCUT2D eigenvalue weighted by molar-refractivity contribution is -0.533. The van der Waals surface area contributed by atoms with Gasteiger partial charge in [-0.2, -0.15) is 35.1 Å². The molecule has 0 spiro atoms. The normalized spacial score (nSPS) is 12.9. The summed E-state index contributed by atoms with van der Waals surface area (Å²) in [6, 6.07) is 0. The van der Waals surface area contributed by atoms with E-state index >= 15 is 0 Å². The Morgan fingerprint density at radius 3 is 1.36 bits per heavy atom. The van der Waals surface area contributed by atoms with Gasteiger partial charge in [0.25, 0.3) is 0 Å². The third-order valence-corrected chi connectivity index (χ3v) is 2.98. The number of methoxy groups -OCH3 is 1. The smallest absolute Gasteiger partial charge is 0.370 e. The summed E-state index contributed by atoms with van der Waals surface area (Å²) in [6.45, 7) is -3.50. The second-order valence-electron chi connectivity index (χ2n) is 6.17. The first kappa shape index (κ1) is 36.3. The highest BCUT2D eigenvalue weighted by Gasteiger charge is 2.62. The number of alkyl halides is 10. The molecule has 0 bridgehead atoms. The molecule has 7 nitrogen and oxygen atoms in total. The SMILES string of the molecule is C#CCOCCOCC(F)(F)OC.C#CCOCCOCC(F)(F)OC(F)(F)OC(F)(F)C(C)(F)F. The van der Waals surface area contributed by atoms with Gasteiger partial charge in [0, 0.05) is 14.0 Å².